The fraction of sp³-hybridized carbons (Fsp3) is 0.167. The van der Waals surface area contributed by atoms with E-state index in [0.29, 0.717) is 0 Å². The summed E-state index contributed by atoms with van der Waals surface area (Å²) in [6, 6.07) is 1.92. The van der Waals surface area contributed by atoms with Crippen LogP contribution in [0.1, 0.15) is 5.56 Å². The Kier molecular flexibility index (Phi) is 1.91. The minimum atomic E-state index is 0.883. The summed E-state index contributed by atoms with van der Waals surface area (Å²) in [5.74, 6) is 0. The van der Waals surface area contributed by atoms with Gasteiger partial charge in [-0.2, -0.15) is 0 Å². The van der Waals surface area contributed by atoms with Gasteiger partial charge in [0.05, 0.1) is 11.9 Å². The second kappa shape index (κ2) is 2.70. The Morgan fingerprint density at radius 2 is 2.44 bits per heavy atom. The molecule has 0 atom stereocenters. The molecule has 2 nitrogen and oxygen atoms in total. The molecule has 1 aromatic rings. The molecule has 0 aromatic carbocycles. The standard InChI is InChI=1S/C6H7N2P/c1-5-2-3-7-4-6(5)8-9/h2-4,9H,1H3. The molecular weight excluding hydrogens is 131 g/mol. The first kappa shape index (κ1) is 6.37. The smallest absolute Gasteiger partial charge is 0.0884 e. The summed E-state index contributed by atoms with van der Waals surface area (Å²) in [5.41, 5.74) is 2.01. The maximum Gasteiger partial charge on any atom is 0.0884 e. The van der Waals surface area contributed by atoms with Gasteiger partial charge in [0.1, 0.15) is 0 Å². The molecule has 0 aliphatic carbocycles. The third-order valence-electron chi connectivity index (χ3n) is 1.13. The first-order valence-corrected chi connectivity index (χ1v) is 3.07. The van der Waals surface area contributed by atoms with Crippen LogP contribution in [0.5, 0.6) is 0 Å². The summed E-state index contributed by atoms with van der Waals surface area (Å²) in [6.45, 7) is 1.99. The second-order valence-corrected chi connectivity index (χ2v) is 2.00. The van der Waals surface area contributed by atoms with Crippen LogP contribution in [0.3, 0.4) is 0 Å². The van der Waals surface area contributed by atoms with Crippen LogP contribution in [0.25, 0.3) is 0 Å². The van der Waals surface area contributed by atoms with Crippen LogP contribution < -0.4 is 0 Å². The lowest BCUT2D eigenvalue weighted by atomic mass is 10.3. The zero-order valence-electron chi connectivity index (χ0n) is 5.13. The van der Waals surface area contributed by atoms with Crippen molar-refractivity contribution in [1.29, 1.82) is 0 Å². The van der Waals surface area contributed by atoms with E-state index in [1.165, 1.54) is 0 Å². The highest BCUT2D eigenvalue weighted by atomic mass is 31.0. The first-order chi connectivity index (χ1) is 4.34. The Morgan fingerprint density at radius 3 is 2.89 bits per heavy atom. The molecule has 0 fully saturated rings. The molecular formula is C6H7N2P. The maximum absolute atomic E-state index is 3.89. The highest BCUT2D eigenvalue weighted by Gasteiger charge is 1.89. The topological polar surface area (TPSA) is 25.2 Å². The Hall–Kier alpha value is -0.750. The van der Waals surface area contributed by atoms with Gasteiger partial charge in [-0.3, -0.25) is 4.98 Å². The van der Waals surface area contributed by atoms with Gasteiger partial charge in [0.2, 0.25) is 0 Å². The number of aryl methyl sites for hydroxylation is 1. The summed E-state index contributed by atoms with van der Waals surface area (Å²) in [6.07, 6.45) is 3.46. The molecule has 0 amide bonds. The van der Waals surface area contributed by atoms with E-state index in [-0.39, 0.29) is 0 Å². The fourth-order valence-corrected chi connectivity index (χ4v) is 0.807. The lowest BCUT2D eigenvalue weighted by Crippen LogP contribution is -1.73. The molecule has 1 rings (SSSR count). The maximum atomic E-state index is 3.89. The van der Waals surface area contributed by atoms with Crippen molar-refractivity contribution in [2.24, 2.45) is 4.74 Å². The normalized spacial score (nSPS) is 9.00. The Labute approximate surface area is 56.3 Å². The van der Waals surface area contributed by atoms with E-state index in [4.69, 9.17) is 0 Å². The SMILES string of the molecule is Cc1ccncc1N=P. The van der Waals surface area contributed by atoms with Crippen molar-refractivity contribution in [2.75, 3.05) is 0 Å². The third-order valence-corrected chi connectivity index (χ3v) is 1.37. The molecule has 0 unspecified atom stereocenters. The molecule has 0 aliphatic heterocycles. The molecule has 0 spiro atoms. The number of nitrogens with zero attached hydrogens (tertiary/aromatic N) is 2. The molecule has 0 bridgehead atoms. The molecule has 0 radical (unpaired) electrons. The molecule has 0 saturated carbocycles. The highest BCUT2D eigenvalue weighted by Crippen LogP contribution is 2.15. The number of rotatable bonds is 1. The Bertz CT molecular complexity index is 222. The predicted molar refractivity (Wildman–Crippen MR) is 39.4 cm³/mol. The van der Waals surface area contributed by atoms with Crippen molar-refractivity contribution >= 4 is 14.7 Å². The summed E-state index contributed by atoms with van der Waals surface area (Å²) < 4.78 is 3.81. The van der Waals surface area contributed by atoms with Crippen LogP contribution >= 0.6 is 9.03 Å². The van der Waals surface area contributed by atoms with Crippen molar-refractivity contribution in [3.63, 3.8) is 0 Å². The summed E-state index contributed by atoms with van der Waals surface area (Å²) >= 11 is 0. The minimum absolute atomic E-state index is 0.883. The molecule has 0 saturated heterocycles. The van der Waals surface area contributed by atoms with Crippen LogP contribution in [-0.2, 0) is 0 Å². The second-order valence-electron chi connectivity index (χ2n) is 1.77. The van der Waals surface area contributed by atoms with E-state index >= 15 is 0 Å². The van der Waals surface area contributed by atoms with Gasteiger partial charge in [-0.15, -0.1) is 0 Å². The fourth-order valence-electron chi connectivity index (χ4n) is 0.573. The zero-order chi connectivity index (χ0) is 6.69. The molecule has 3 heteroatoms. The molecule has 1 heterocycles. The predicted octanol–water partition coefficient (Wildman–Crippen LogP) is 2.35. The van der Waals surface area contributed by atoms with E-state index in [1.54, 1.807) is 12.4 Å². The quantitative estimate of drug-likeness (QED) is 0.547. The Morgan fingerprint density at radius 1 is 1.67 bits per heavy atom. The van der Waals surface area contributed by atoms with E-state index in [2.05, 4.69) is 18.8 Å². The van der Waals surface area contributed by atoms with Crippen LogP contribution in [-0.4, -0.2) is 4.98 Å². The van der Waals surface area contributed by atoms with Gasteiger partial charge < -0.3 is 0 Å². The summed E-state index contributed by atoms with van der Waals surface area (Å²) in [5, 5.41) is 0. The summed E-state index contributed by atoms with van der Waals surface area (Å²) in [7, 11) is 3.04. The first-order valence-electron chi connectivity index (χ1n) is 2.62. The van der Waals surface area contributed by atoms with Crippen molar-refractivity contribution in [3.05, 3.63) is 24.0 Å². The van der Waals surface area contributed by atoms with Crippen molar-refractivity contribution in [2.45, 2.75) is 6.92 Å². The Balaban J connectivity index is 3.15. The molecule has 0 aliphatic rings. The largest absolute Gasteiger partial charge is 0.262 e. The molecule has 0 N–H and O–H groups in total. The summed E-state index contributed by atoms with van der Waals surface area (Å²) in [4.78, 5) is 3.89. The highest BCUT2D eigenvalue weighted by molar-refractivity contribution is 7.04. The minimum Gasteiger partial charge on any atom is -0.262 e. The van der Waals surface area contributed by atoms with Crippen LogP contribution in [0.2, 0.25) is 0 Å². The zero-order valence-corrected chi connectivity index (χ0v) is 6.13. The van der Waals surface area contributed by atoms with E-state index in [1.807, 2.05) is 13.0 Å². The van der Waals surface area contributed by atoms with Gasteiger partial charge in [0.15, 0.2) is 0 Å². The van der Waals surface area contributed by atoms with Crippen molar-refractivity contribution < 1.29 is 0 Å². The number of aromatic nitrogens is 1. The number of hydrogen-bond acceptors (Lipinski definition) is 2. The lowest BCUT2D eigenvalue weighted by Gasteiger charge is -1.93. The molecule has 1 aromatic heterocycles. The average Bonchev–Trinajstić information content (AvgIpc) is 1.89. The van der Waals surface area contributed by atoms with E-state index in [9.17, 15) is 0 Å². The van der Waals surface area contributed by atoms with Gasteiger partial charge in [-0.25, -0.2) is 4.74 Å². The average molecular weight is 138 g/mol. The monoisotopic (exact) mass is 138 g/mol. The van der Waals surface area contributed by atoms with Gasteiger partial charge in [-0.05, 0) is 27.6 Å². The van der Waals surface area contributed by atoms with Crippen LogP contribution in [0, 0.1) is 6.92 Å². The van der Waals surface area contributed by atoms with Crippen molar-refractivity contribution in [1.82, 2.24) is 4.98 Å². The molecule has 9 heavy (non-hydrogen) atoms. The van der Waals surface area contributed by atoms with Gasteiger partial charge >= 0.3 is 0 Å². The van der Waals surface area contributed by atoms with E-state index in [0.717, 1.165) is 11.3 Å². The lowest BCUT2D eigenvalue weighted by molar-refractivity contribution is 1.27. The molecule has 46 valence electrons. The van der Waals surface area contributed by atoms with Crippen LogP contribution in [0.4, 0.5) is 5.69 Å². The third kappa shape index (κ3) is 1.33. The van der Waals surface area contributed by atoms with Gasteiger partial charge in [0, 0.05) is 6.20 Å². The van der Waals surface area contributed by atoms with Gasteiger partial charge in [0.25, 0.3) is 0 Å². The van der Waals surface area contributed by atoms with Crippen molar-refractivity contribution in [3.8, 4) is 0 Å². The number of hydrogen-bond donors (Lipinski definition) is 0. The van der Waals surface area contributed by atoms with Crippen LogP contribution in [0.15, 0.2) is 23.2 Å². The van der Waals surface area contributed by atoms with E-state index < -0.39 is 0 Å². The van der Waals surface area contributed by atoms with Gasteiger partial charge in [-0.1, -0.05) is 0 Å². The number of pyridine rings is 1.